The summed E-state index contributed by atoms with van der Waals surface area (Å²) in [5.41, 5.74) is 3.81. The van der Waals surface area contributed by atoms with E-state index in [1.165, 1.54) is 25.3 Å². The molecule has 0 saturated carbocycles. The van der Waals surface area contributed by atoms with Crippen LogP contribution in [0.5, 0.6) is 0 Å². The van der Waals surface area contributed by atoms with Gasteiger partial charge in [-0.15, -0.1) is 0 Å². The molecule has 0 radical (unpaired) electrons. The van der Waals surface area contributed by atoms with E-state index in [0.29, 0.717) is 6.54 Å². The Balaban J connectivity index is 2.09. The molecule has 0 aliphatic rings. The smallest absolute Gasteiger partial charge is 0.176 e. The van der Waals surface area contributed by atoms with Gasteiger partial charge in [-0.25, -0.2) is 4.39 Å². The fraction of sp³-hybridized carbons (Fsp3) is 0.400. The van der Waals surface area contributed by atoms with Crippen molar-refractivity contribution in [3.63, 3.8) is 0 Å². The third kappa shape index (κ3) is 4.35. The number of benzene rings is 2. The van der Waals surface area contributed by atoms with Crippen molar-refractivity contribution in [2.24, 2.45) is 0 Å². The molecule has 0 N–H and O–H groups in total. The van der Waals surface area contributed by atoms with E-state index in [1.54, 1.807) is 13.0 Å². The first-order valence-corrected chi connectivity index (χ1v) is 10.4. The van der Waals surface area contributed by atoms with Crippen molar-refractivity contribution in [2.45, 2.75) is 65.3 Å². The lowest BCUT2D eigenvalue weighted by Crippen LogP contribution is -2.11. The molecule has 0 amide bonds. The normalized spacial score (nSPS) is 12.4. The lowest BCUT2D eigenvalue weighted by molar-refractivity contribution is 0.100. The average molecular weight is 380 g/mol. The summed E-state index contributed by atoms with van der Waals surface area (Å²) in [5, 5.41) is 0.879. The maximum atomic E-state index is 14.1. The molecule has 2 aromatic carbocycles. The van der Waals surface area contributed by atoms with Gasteiger partial charge in [0, 0.05) is 24.4 Å². The molecule has 0 bridgehead atoms. The van der Waals surface area contributed by atoms with E-state index in [1.807, 2.05) is 24.3 Å². The van der Waals surface area contributed by atoms with Crippen LogP contribution in [0.2, 0.25) is 0 Å². The predicted molar refractivity (Wildman–Crippen MR) is 115 cm³/mol. The van der Waals surface area contributed by atoms with Crippen LogP contribution in [0.15, 0.2) is 48.5 Å². The first kappa shape index (κ1) is 20.3. The number of nitrogens with zero attached hydrogens (tertiary/aromatic N) is 1. The van der Waals surface area contributed by atoms with Gasteiger partial charge in [-0.1, -0.05) is 69.9 Å². The Hall–Kier alpha value is -2.42. The van der Waals surface area contributed by atoms with E-state index in [-0.39, 0.29) is 17.5 Å². The molecule has 0 unspecified atom stereocenters. The van der Waals surface area contributed by atoms with E-state index < -0.39 is 0 Å². The number of fused-ring (bicyclic) bond motifs is 1. The number of rotatable bonds is 9. The Morgan fingerprint density at radius 1 is 1.07 bits per heavy atom. The monoisotopic (exact) mass is 379 g/mol. The number of halogens is 1. The van der Waals surface area contributed by atoms with Gasteiger partial charge < -0.3 is 4.57 Å². The Labute approximate surface area is 167 Å². The van der Waals surface area contributed by atoms with Crippen LogP contribution < -0.4 is 0 Å². The molecule has 0 saturated heterocycles. The number of carbonyl (C=O) groups is 1. The van der Waals surface area contributed by atoms with Crippen LogP contribution >= 0.6 is 0 Å². The number of unbranched alkanes of at least 4 members (excludes halogenated alkanes) is 3. The minimum atomic E-state index is -0.251. The Kier molecular flexibility index (Phi) is 6.66. The molecular weight excluding hydrogens is 349 g/mol. The maximum Gasteiger partial charge on any atom is 0.176 e. The molecule has 3 aromatic rings. The standard InChI is InChI=1S/C25H30FNO/c1-4-5-6-8-11-18(2)24-22-16-21(26)14-15-23(22)27(25(24)19(3)28)17-20-12-9-7-10-13-20/h7,9-10,12-16,18H,4-6,8,11,17H2,1-3H3/t18-/m0/s1. The maximum absolute atomic E-state index is 14.1. The highest BCUT2D eigenvalue weighted by Gasteiger charge is 2.24. The Morgan fingerprint density at radius 3 is 2.50 bits per heavy atom. The van der Waals surface area contributed by atoms with Gasteiger partial charge in [-0.2, -0.15) is 0 Å². The highest BCUT2D eigenvalue weighted by molar-refractivity contribution is 6.02. The highest BCUT2D eigenvalue weighted by Crippen LogP contribution is 2.36. The molecular formula is C25H30FNO. The molecule has 1 aromatic heterocycles. The first-order chi connectivity index (χ1) is 13.5. The second kappa shape index (κ2) is 9.18. The van der Waals surface area contributed by atoms with Crippen molar-refractivity contribution >= 4 is 16.7 Å². The molecule has 2 nitrogen and oxygen atoms in total. The quantitative estimate of drug-likeness (QED) is 0.287. The lowest BCUT2D eigenvalue weighted by Gasteiger charge is -2.15. The summed E-state index contributed by atoms with van der Waals surface area (Å²) < 4.78 is 16.2. The highest BCUT2D eigenvalue weighted by atomic mass is 19.1. The Bertz CT molecular complexity index is 942. The summed E-state index contributed by atoms with van der Waals surface area (Å²) in [6.45, 7) is 6.61. The molecule has 1 heterocycles. The van der Waals surface area contributed by atoms with Gasteiger partial charge in [0.2, 0.25) is 0 Å². The van der Waals surface area contributed by atoms with Gasteiger partial charge in [0.15, 0.2) is 5.78 Å². The summed E-state index contributed by atoms with van der Waals surface area (Å²) >= 11 is 0. The van der Waals surface area contributed by atoms with Crippen molar-refractivity contribution < 1.29 is 9.18 Å². The number of carbonyl (C=O) groups excluding carboxylic acids is 1. The summed E-state index contributed by atoms with van der Waals surface area (Å²) in [6.07, 6.45) is 5.78. The second-order valence-corrected chi connectivity index (χ2v) is 7.80. The first-order valence-electron chi connectivity index (χ1n) is 10.4. The third-order valence-corrected chi connectivity index (χ3v) is 5.57. The zero-order valence-corrected chi connectivity index (χ0v) is 17.2. The minimum Gasteiger partial charge on any atom is -0.333 e. The van der Waals surface area contributed by atoms with Crippen LogP contribution in [0, 0.1) is 5.82 Å². The summed E-state index contributed by atoms with van der Waals surface area (Å²) in [7, 11) is 0. The molecule has 148 valence electrons. The van der Waals surface area contributed by atoms with E-state index in [2.05, 4.69) is 30.5 Å². The molecule has 0 spiro atoms. The number of hydrogen-bond donors (Lipinski definition) is 0. The minimum absolute atomic E-state index is 0.0444. The molecule has 0 fully saturated rings. The third-order valence-electron chi connectivity index (χ3n) is 5.57. The largest absolute Gasteiger partial charge is 0.333 e. The van der Waals surface area contributed by atoms with Crippen LogP contribution in [0.25, 0.3) is 10.9 Å². The average Bonchev–Trinajstić information content (AvgIpc) is 2.99. The summed E-state index contributed by atoms with van der Waals surface area (Å²) in [6, 6.07) is 15.0. The van der Waals surface area contributed by atoms with E-state index in [9.17, 15) is 9.18 Å². The van der Waals surface area contributed by atoms with Gasteiger partial charge in [0.1, 0.15) is 5.82 Å². The molecule has 3 rings (SSSR count). The summed E-state index contributed by atoms with van der Waals surface area (Å²) in [4.78, 5) is 12.7. The Morgan fingerprint density at radius 2 is 1.82 bits per heavy atom. The van der Waals surface area contributed by atoms with Crippen LogP contribution in [-0.2, 0) is 6.54 Å². The lowest BCUT2D eigenvalue weighted by atomic mass is 9.91. The molecule has 0 aliphatic heterocycles. The van der Waals surface area contributed by atoms with Crippen molar-refractivity contribution in [2.75, 3.05) is 0 Å². The van der Waals surface area contributed by atoms with Crippen molar-refractivity contribution in [1.29, 1.82) is 0 Å². The van der Waals surface area contributed by atoms with Gasteiger partial charge in [0.25, 0.3) is 0 Å². The van der Waals surface area contributed by atoms with Crippen LogP contribution in [-0.4, -0.2) is 10.4 Å². The van der Waals surface area contributed by atoms with Crippen LogP contribution in [0.3, 0.4) is 0 Å². The van der Waals surface area contributed by atoms with E-state index in [4.69, 9.17) is 0 Å². The molecule has 0 aliphatic carbocycles. The zero-order valence-electron chi connectivity index (χ0n) is 17.2. The molecule has 3 heteroatoms. The fourth-order valence-electron chi connectivity index (χ4n) is 4.18. The van der Waals surface area contributed by atoms with Gasteiger partial charge in [0.05, 0.1) is 5.69 Å². The summed E-state index contributed by atoms with van der Waals surface area (Å²) in [5.74, 6) is 0.0129. The van der Waals surface area contributed by atoms with Crippen LogP contribution in [0.4, 0.5) is 4.39 Å². The molecule has 28 heavy (non-hydrogen) atoms. The SMILES string of the molecule is CCCCCC[C@H](C)c1c(C(C)=O)n(Cc2ccccc2)c2ccc(F)cc12. The number of ketones is 1. The zero-order chi connectivity index (χ0) is 20.1. The van der Waals surface area contributed by atoms with Gasteiger partial charge in [-0.05, 0) is 41.7 Å². The van der Waals surface area contributed by atoms with Gasteiger partial charge >= 0.3 is 0 Å². The number of aromatic nitrogens is 1. The second-order valence-electron chi connectivity index (χ2n) is 7.80. The van der Waals surface area contributed by atoms with E-state index in [0.717, 1.165) is 40.6 Å². The van der Waals surface area contributed by atoms with Gasteiger partial charge in [-0.3, -0.25) is 4.79 Å². The topological polar surface area (TPSA) is 22.0 Å². The van der Waals surface area contributed by atoms with Crippen molar-refractivity contribution in [3.05, 3.63) is 71.2 Å². The number of Topliss-reactive ketones (excluding diaryl/α,β-unsaturated/α-hetero) is 1. The predicted octanol–water partition coefficient (Wildman–Crippen LogP) is 7.11. The van der Waals surface area contributed by atoms with Crippen molar-refractivity contribution in [3.8, 4) is 0 Å². The van der Waals surface area contributed by atoms with Crippen molar-refractivity contribution in [1.82, 2.24) is 4.57 Å². The van der Waals surface area contributed by atoms with E-state index >= 15 is 0 Å². The number of hydrogen-bond acceptors (Lipinski definition) is 1. The fourth-order valence-corrected chi connectivity index (χ4v) is 4.18. The van der Waals surface area contributed by atoms with Crippen LogP contribution in [0.1, 0.15) is 80.4 Å². The molecule has 1 atom stereocenters.